The minimum absolute atomic E-state index is 0.160. The molecule has 0 bridgehead atoms. The number of carbonyl (C=O) groups is 2. The molecule has 1 aromatic carbocycles. The monoisotopic (exact) mass is 421 g/mol. The highest BCUT2D eigenvalue weighted by Gasteiger charge is 2.26. The third-order valence-electron chi connectivity index (χ3n) is 4.66. The number of ether oxygens (including phenoxy) is 1. The molecule has 2 heterocycles. The van der Waals surface area contributed by atoms with Gasteiger partial charge in [0, 0.05) is 18.0 Å². The van der Waals surface area contributed by atoms with Crippen molar-refractivity contribution < 1.29 is 22.7 Å². The number of nitrogens with zero attached hydrogens (tertiary/aromatic N) is 1. The molecule has 1 saturated heterocycles. The molecule has 150 valence electrons. The quantitative estimate of drug-likeness (QED) is 0.505. The average molecular weight is 422 g/mol. The highest BCUT2D eigenvalue weighted by atomic mass is 32.2. The standard InChI is InChI=1S/C20H23NO5S2/c1-2-16-8-11-19(27-16)18(22)14-26-20(23)15-6-9-17(10-7-15)28(24,25)21-12-4-3-5-13-21/h6-11H,2-5,12-14H2,1H3. The topological polar surface area (TPSA) is 80.8 Å². The fourth-order valence-electron chi connectivity index (χ4n) is 3.02. The maximum Gasteiger partial charge on any atom is 0.338 e. The van der Waals surface area contributed by atoms with Gasteiger partial charge in [0.25, 0.3) is 0 Å². The number of esters is 1. The summed E-state index contributed by atoms with van der Waals surface area (Å²) in [5, 5.41) is 0. The van der Waals surface area contributed by atoms with E-state index < -0.39 is 16.0 Å². The van der Waals surface area contributed by atoms with E-state index in [4.69, 9.17) is 4.74 Å². The Morgan fingerprint density at radius 1 is 1.04 bits per heavy atom. The Morgan fingerprint density at radius 2 is 1.71 bits per heavy atom. The van der Waals surface area contributed by atoms with Crippen LogP contribution in [0, 0.1) is 0 Å². The lowest BCUT2D eigenvalue weighted by Crippen LogP contribution is -2.35. The lowest BCUT2D eigenvalue weighted by molar-refractivity contribution is 0.0475. The van der Waals surface area contributed by atoms with Gasteiger partial charge in [0.15, 0.2) is 6.61 Å². The van der Waals surface area contributed by atoms with E-state index in [1.54, 1.807) is 6.07 Å². The number of Topliss-reactive ketones (excluding diaryl/α,β-unsaturated/α-hetero) is 1. The molecule has 1 aromatic heterocycles. The average Bonchev–Trinajstić information content (AvgIpc) is 3.22. The predicted octanol–water partition coefficient (Wildman–Crippen LogP) is 3.52. The van der Waals surface area contributed by atoms with Crippen molar-refractivity contribution >= 4 is 33.1 Å². The summed E-state index contributed by atoms with van der Waals surface area (Å²) in [5.74, 6) is -0.898. The number of sulfonamides is 1. The van der Waals surface area contributed by atoms with E-state index >= 15 is 0 Å². The minimum atomic E-state index is -3.54. The van der Waals surface area contributed by atoms with Crippen LogP contribution in [0.3, 0.4) is 0 Å². The first kappa shape index (κ1) is 20.7. The number of hydrogen-bond donors (Lipinski definition) is 0. The Morgan fingerprint density at radius 3 is 2.32 bits per heavy atom. The molecular formula is C20H23NO5S2. The third-order valence-corrected chi connectivity index (χ3v) is 7.85. The van der Waals surface area contributed by atoms with Gasteiger partial charge < -0.3 is 4.74 Å². The summed E-state index contributed by atoms with van der Waals surface area (Å²) < 4.78 is 31.8. The van der Waals surface area contributed by atoms with E-state index in [0.717, 1.165) is 30.6 Å². The highest BCUT2D eigenvalue weighted by Crippen LogP contribution is 2.21. The van der Waals surface area contributed by atoms with E-state index in [0.29, 0.717) is 18.0 Å². The maximum absolute atomic E-state index is 12.6. The molecule has 0 saturated carbocycles. The molecule has 8 heteroatoms. The van der Waals surface area contributed by atoms with Crippen LogP contribution in [0.1, 0.15) is 51.1 Å². The van der Waals surface area contributed by atoms with Crippen LogP contribution < -0.4 is 0 Å². The van der Waals surface area contributed by atoms with E-state index in [1.165, 1.54) is 39.9 Å². The summed E-state index contributed by atoms with van der Waals surface area (Å²) in [5.41, 5.74) is 0.214. The zero-order valence-corrected chi connectivity index (χ0v) is 17.4. The van der Waals surface area contributed by atoms with Crippen molar-refractivity contribution in [1.82, 2.24) is 4.31 Å². The molecule has 1 aliphatic rings. The largest absolute Gasteiger partial charge is 0.454 e. The van der Waals surface area contributed by atoms with E-state index in [-0.39, 0.29) is 22.8 Å². The number of hydrogen-bond acceptors (Lipinski definition) is 6. The molecule has 3 rings (SSSR count). The SMILES string of the molecule is CCc1ccc(C(=O)COC(=O)c2ccc(S(=O)(=O)N3CCCCC3)cc2)s1. The summed E-state index contributed by atoms with van der Waals surface area (Å²) in [6.07, 6.45) is 3.62. The second-order valence-electron chi connectivity index (χ2n) is 6.61. The Kier molecular flexibility index (Phi) is 6.64. The Bertz CT molecular complexity index is 941. The number of thiophene rings is 1. The van der Waals surface area contributed by atoms with Crippen molar-refractivity contribution in [2.75, 3.05) is 19.7 Å². The zero-order chi connectivity index (χ0) is 20.1. The summed E-state index contributed by atoms with van der Waals surface area (Å²) in [4.78, 5) is 26.1. The van der Waals surface area contributed by atoms with Crippen LogP contribution in [-0.4, -0.2) is 44.2 Å². The van der Waals surface area contributed by atoms with Crippen LogP contribution in [0.2, 0.25) is 0 Å². The fraction of sp³-hybridized carbons (Fsp3) is 0.400. The number of piperidine rings is 1. The van der Waals surface area contributed by atoms with Crippen molar-refractivity contribution in [1.29, 1.82) is 0 Å². The van der Waals surface area contributed by atoms with Gasteiger partial charge in [-0.05, 0) is 55.7 Å². The van der Waals surface area contributed by atoms with Gasteiger partial charge in [0.05, 0.1) is 15.3 Å². The molecule has 0 atom stereocenters. The van der Waals surface area contributed by atoms with E-state index in [9.17, 15) is 18.0 Å². The van der Waals surface area contributed by atoms with Gasteiger partial charge in [0.2, 0.25) is 15.8 Å². The third kappa shape index (κ3) is 4.68. The normalized spacial score (nSPS) is 15.3. The van der Waals surface area contributed by atoms with Crippen molar-refractivity contribution in [3.8, 4) is 0 Å². The van der Waals surface area contributed by atoms with Crippen LogP contribution in [0.4, 0.5) is 0 Å². The Labute approximate surface area is 169 Å². The smallest absolute Gasteiger partial charge is 0.338 e. The van der Waals surface area contributed by atoms with Crippen LogP contribution >= 0.6 is 11.3 Å². The summed E-state index contributed by atoms with van der Waals surface area (Å²) in [6.45, 7) is 2.72. The molecule has 1 fully saturated rings. The van der Waals surface area contributed by atoms with Crippen LogP contribution in [0.5, 0.6) is 0 Å². The van der Waals surface area contributed by atoms with Gasteiger partial charge >= 0.3 is 5.97 Å². The fourth-order valence-corrected chi connectivity index (χ4v) is 5.41. The lowest BCUT2D eigenvalue weighted by atomic mass is 10.2. The van der Waals surface area contributed by atoms with Crippen molar-refractivity contribution in [3.05, 3.63) is 51.7 Å². The number of aryl methyl sites for hydroxylation is 1. The number of ketones is 1. The molecule has 2 aromatic rings. The molecule has 0 unspecified atom stereocenters. The van der Waals surface area contributed by atoms with Gasteiger partial charge in [0.1, 0.15) is 0 Å². The number of carbonyl (C=O) groups excluding carboxylic acids is 2. The van der Waals surface area contributed by atoms with Gasteiger partial charge in [-0.3, -0.25) is 4.79 Å². The Balaban J connectivity index is 1.61. The van der Waals surface area contributed by atoms with Crippen LogP contribution in [0.15, 0.2) is 41.3 Å². The van der Waals surface area contributed by atoms with E-state index in [2.05, 4.69) is 0 Å². The molecular weight excluding hydrogens is 398 g/mol. The predicted molar refractivity (Wildman–Crippen MR) is 107 cm³/mol. The zero-order valence-electron chi connectivity index (χ0n) is 15.7. The molecule has 0 N–H and O–H groups in total. The molecule has 0 aliphatic carbocycles. The van der Waals surface area contributed by atoms with Gasteiger partial charge in [-0.1, -0.05) is 13.3 Å². The Hall–Kier alpha value is -2.03. The van der Waals surface area contributed by atoms with Crippen LogP contribution in [0.25, 0.3) is 0 Å². The first-order valence-corrected chi connectivity index (χ1v) is 11.6. The first-order valence-electron chi connectivity index (χ1n) is 9.31. The number of rotatable bonds is 7. The highest BCUT2D eigenvalue weighted by molar-refractivity contribution is 7.89. The summed E-state index contributed by atoms with van der Waals surface area (Å²) in [7, 11) is -3.54. The molecule has 0 amide bonds. The van der Waals surface area contributed by atoms with Crippen molar-refractivity contribution in [2.24, 2.45) is 0 Å². The van der Waals surface area contributed by atoms with Gasteiger partial charge in [-0.25, -0.2) is 13.2 Å². The molecule has 1 aliphatic heterocycles. The number of benzene rings is 1. The van der Waals surface area contributed by atoms with Gasteiger partial charge in [-0.2, -0.15) is 4.31 Å². The second-order valence-corrected chi connectivity index (χ2v) is 9.71. The maximum atomic E-state index is 12.6. The molecule has 28 heavy (non-hydrogen) atoms. The molecule has 0 spiro atoms. The van der Waals surface area contributed by atoms with Crippen LogP contribution in [-0.2, 0) is 21.2 Å². The summed E-state index contributed by atoms with van der Waals surface area (Å²) in [6, 6.07) is 9.29. The summed E-state index contributed by atoms with van der Waals surface area (Å²) >= 11 is 1.39. The molecule has 0 radical (unpaired) electrons. The molecule has 6 nitrogen and oxygen atoms in total. The van der Waals surface area contributed by atoms with Gasteiger partial charge in [-0.15, -0.1) is 11.3 Å². The van der Waals surface area contributed by atoms with Crippen molar-refractivity contribution in [2.45, 2.75) is 37.5 Å². The first-order chi connectivity index (χ1) is 13.4. The van der Waals surface area contributed by atoms with E-state index in [1.807, 2.05) is 13.0 Å². The minimum Gasteiger partial charge on any atom is -0.454 e. The second kappa shape index (κ2) is 8.98. The van der Waals surface area contributed by atoms with Crippen molar-refractivity contribution in [3.63, 3.8) is 0 Å². The lowest BCUT2D eigenvalue weighted by Gasteiger charge is -2.25.